The molecule has 1 atom stereocenters. The smallest absolute Gasteiger partial charge is 0.138 e. The molecule has 0 aliphatic heterocycles. The molecule has 2 N–H and O–H groups in total. The molecule has 0 fully saturated rings. The first kappa shape index (κ1) is 11.8. The van der Waals surface area contributed by atoms with Crippen LogP contribution in [0.5, 0.6) is 0 Å². The molecule has 4 nitrogen and oxygen atoms in total. The predicted molar refractivity (Wildman–Crippen MR) is 67.6 cm³/mol. The Bertz CT molecular complexity index is 476. The van der Waals surface area contributed by atoms with Crippen LogP contribution in [0, 0.1) is 13.8 Å². The Morgan fingerprint density at radius 3 is 2.76 bits per heavy atom. The molecule has 0 saturated carbocycles. The van der Waals surface area contributed by atoms with Gasteiger partial charge in [-0.05, 0) is 37.5 Å². The van der Waals surface area contributed by atoms with Gasteiger partial charge in [-0.3, -0.25) is 5.10 Å². The maximum atomic E-state index is 4.08. The highest BCUT2D eigenvalue weighted by atomic mass is 15.2. The number of aromatic amines is 1. The molecular weight excluding hydrogens is 212 g/mol. The van der Waals surface area contributed by atoms with Gasteiger partial charge in [0.1, 0.15) is 12.2 Å². The molecule has 0 aliphatic rings. The number of aryl methyl sites for hydroxylation is 2. The van der Waals surface area contributed by atoms with E-state index in [0.29, 0.717) is 12.6 Å². The van der Waals surface area contributed by atoms with Gasteiger partial charge in [0.15, 0.2) is 0 Å². The Hall–Kier alpha value is -1.68. The summed E-state index contributed by atoms with van der Waals surface area (Å²) in [7, 11) is 0. The summed E-state index contributed by atoms with van der Waals surface area (Å²) < 4.78 is 0. The van der Waals surface area contributed by atoms with E-state index in [9.17, 15) is 0 Å². The number of hydrogen-bond acceptors (Lipinski definition) is 3. The van der Waals surface area contributed by atoms with Gasteiger partial charge in [-0.25, -0.2) is 4.98 Å². The largest absolute Gasteiger partial charge is 0.303 e. The summed E-state index contributed by atoms with van der Waals surface area (Å²) in [5.41, 5.74) is 3.96. The van der Waals surface area contributed by atoms with Crippen molar-refractivity contribution in [2.24, 2.45) is 0 Å². The minimum absolute atomic E-state index is 0.305. The molecule has 4 heteroatoms. The molecule has 0 spiro atoms. The standard InChI is InChI=1S/C13H18N4/c1-9-4-5-12(6-10(9)2)11(3)14-7-13-15-8-16-17-13/h4-6,8,11,14H,7H2,1-3H3,(H,15,16,17). The molecule has 1 aromatic carbocycles. The average molecular weight is 230 g/mol. The van der Waals surface area contributed by atoms with Crippen LogP contribution in [0.1, 0.15) is 35.5 Å². The Morgan fingerprint density at radius 1 is 1.29 bits per heavy atom. The molecule has 1 unspecified atom stereocenters. The predicted octanol–water partition coefficient (Wildman–Crippen LogP) is 2.27. The van der Waals surface area contributed by atoms with Gasteiger partial charge >= 0.3 is 0 Å². The second-order valence-corrected chi connectivity index (χ2v) is 4.38. The maximum absolute atomic E-state index is 4.08. The molecule has 2 aromatic rings. The first-order valence-corrected chi connectivity index (χ1v) is 5.81. The van der Waals surface area contributed by atoms with Gasteiger partial charge in [-0.15, -0.1) is 0 Å². The van der Waals surface area contributed by atoms with Gasteiger partial charge in [0.2, 0.25) is 0 Å². The normalized spacial score (nSPS) is 12.6. The third kappa shape index (κ3) is 2.91. The van der Waals surface area contributed by atoms with Gasteiger partial charge < -0.3 is 5.32 Å². The number of rotatable bonds is 4. The summed E-state index contributed by atoms with van der Waals surface area (Å²) in [6, 6.07) is 6.87. The Balaban J connectivity index is 1.99. The highest BCUT2D eigenvalue weighted by Crippen LogP contribution is 2.16. The second kappa shape index (κ2) is 5.10. The summed E-state index contributed by atoms with van der Waals surface area (Å²) in [5, 5.41) is 10.1. The maximum Gasteiger partial charge on any atom is 0.138 e. The molecule has 0 aliphatic carbocycles. The van der Waals surface area contributed by atoms with E-state index < -0.39 is 0 Å². The Morgan fingerprint density at radius 2 is 2.12 bits per heavy atom. The molecule has 17 heavy (non-hydrogen) atoms. The van der Waals surface area contributed by atoms with Crippen molar-refractivity contribution in [2.75, 3.05) is 0 Å². The molecule has 0 amide bonds. The van der Waals surface area contributed by atoms with E-state index in [-0.39, 0.29) is 0 Å². The fourth-order valence-electron chi connectivity index (χ4n) is 1.72. The molecule has 90 valence electrons. The summed E-state index contributed by atoms with van der Waals surface area (Å²) in [5.74, 6) is 0.862. The van der Waals surface area contributed by atoms with E-state index in [1.54, 1.807) is 0 Å². The quantitative estimate of drug-likeness (QED) is 0.847. The van der Waals surface area contributed by atoms with E-state index in [1.807, 2.05) is 0 Å². The number of hydrogen-bond donors (Lipinski definition) is 2. The number of aromatic nitrogens is 3. The summed E-state index contributed by atoms with van der Waals surface area (Å²) in [4.78, 5) is 4.08. The summed E-state index contributed by atoms with van der Waals surface area (Å²) >= 11 is 0. The molecule has 0 saturated heterocycles. The molecule has 0 radical (unpaired) electrons. The number of H-pyrrole nitrogens is 1. The third-order valence-electron chi connectivity index (χ3n) is 3.07. The van der Waals surface area contributed by atoms with Crippen LogP contribution >= 0.6 is 0 Å². The monoisotopic (exact) mass is 230 g/mol. The van der Waals surface area contributed by atoms with Crippen molar-refractivity contribution in [3.63, 3.8) is 0 Å². The highest BCUT2D eigenvalue weighted by Gasteiger charge is 2.06. The van der Waals surface area contributed by atoms with Crippen LogP contribution in [0.25, 0.3) is 0 Å². The number of nitrogens with one attached hydrogen (secondary N) is 2. The van der Waals surface area contributed by atoms with Crippen LogP contribution in [0.15, 0.2) is 24.5 Å². The first-order chi connectivity index (χ1) is 8.16. The number of benzene rings is 1. The lowest BCUT2D eigenvalue weighted by molar-refractivity contribution is 0.560. The second-order valence-electron chi connectivity index (χ2n) is 4.38. The zero-order valence-electron chi connectivity index (χ0n) is 10.5. The van der Waals surface area contributed by atoms with E-state index >= 15 is 0 Å². The highest BCUT2D eigenvalue weighted by molar-refractivity contribution is 5.31. The molecular formula is C13H18N4. The Kier molecular flexibility index (Phi) is 3.54. The van der Waals surface area contributed by atoms with Crippen molar-refractivity contribution in [1.82, 2.24) is 20.5 Å². The average Bonchev–Trinajstić information content (AvgIpc) is 2.82. The van der Waals surface area contributed by atoms with Crippen molar-refractivity contribution in [1.29, 1.82) is 0 Å². The minimum atomic E-state index is 0.305. The number of nitrogens with zero attached hydrogens (tertiary/aromatic N) is 2. The van der Waals surface area contributed by atoms with Gasteiger partial charge in [0, 0.05) is 6.04 Å². The molecule has 1 heterocycles. The van der Waals surface area contributed by atoms with Crippen LogP contribution in [-0.2, 0) is 6.54 Å². The van der Waals surface area contributed by atoms with Gasteiger partial charge in [0.25, 0.3) is 0 Å². The Labute approximate surface area is 101 Å². The van der Waals surface area contributed by atoms with E-state index in [0.717, 1.165) is 5.82 Å². The fourth-order valence-corrected chi connectivity index (χ4v) is 1.72. The summed E-state index contributed by atoms with van der Waals surface area (Å²) in [6.07, 6.45) is 1.53. The third-order valence-corrected chi connectivity index (χ3v) is 3.07. The topological polar surface area (TPSA) is 53.6 Å². The van der Waals surface area contributed by atoms with Crippen LogP contribution in [0.3, 0.4) is 0 Å². The lowest BCUT2D eigenvalue weighted by Crippen LogP contribution is -2.19. The van der Waals surface area contributed by atoms with Gasteiger partial charge in [0.05, 0.1) is 6.54 Å². The van der Waals surface area contributed by atoms with Crippen molar-refractivity contribution in [2.45, 2.75) is 33.4 Å². The SMILES string of the molecule is Cc1ccc(C(C)NCc2ncn[nH]2)cc1C. The zero-order valence-corrected chi connectivity index (χ0v) is 10.5. The lowest BCUT2D eigenvalue weighted by atomic mass is 10.0. The first-order valence-electron chi connectivity index (χ1n) is 5.81. The summed E-state index contributed by atoms with van der Waals surface area (Å²) in [6.45, 7) is 7.13. The zero-order chi connectivity index (χ0) is 12.3. The van der Waals surface area contributed by atoms with Crippen molar-refractivity contribution < 1.29 is 0 Å². The molecule has 2 rings (SSSR count). The van der Waals surface area contributed by atoms with Crippen molar-refractivity contribution >= 4 is 0 Å². The van der Waals surface area contributed by atoms with Gasteiger partial charge in [-0.1, -0.05) is 18.2 Å². The molecule has 1 aromatic heterocycles. The van der Waals surface area contributed by atoms with E-state index in [1.165, 1.54) is 23.0 Å². The van der Waals surface area contributed by atoms with Crippen LogP contribution in [0.2, 0.25) is 0 Å². The van der Waals surface area contributed by atoms with Crippen molar-refractivity contribution in [3.8, 4) is 0 Å². The minimum Gasteiger partial charge on any atom is -0.303 e. The van der Waals surface area contributed by atoms with E-state index in [2.05, 4.69) is 59.5 Å². The van der Waals surface area contributed by atoms with Gasteiger partial charge in [-0.2, -0.15) is 5.10 Å². The fraction of sp³-hybridized carbons (Fsp3) is 0.385. The van der Waals surface area contributed by atoms with Crippen molar-refractivity contribution in [3.05, 3.63) is 47.0 Å². The lowest BCUT2D eigenvalue weighted by Gasteiger charge is -2.14. The van der Waals surface area contributed by atoms with Crippen LogP contribution < -0.4 is 5.32 Å². The van der Waals surface area contributed by atoms with Crippen LogP contribution in [0.4, 0.5) is 0 Å². The van der Waals surface area contributed by atoms with Crippen LogP contribution in [-0.4, -0.2) is 15.2 Å². The molecule has 0 bridgehead atoms. The van der Waals surface area contributed by atoms with E-state index in [4.69, 9.17) is 0 Å².